The molecule has 1 saturated carbocycles. The summed E-state index contributed by atoms with van der Waals surface area (Å²) in [4.78, 5) is 25.8. The Morgan fingerprint density at radius 2 is 2.12 bits per heavy atom. The second-order valence-corrected chi connectivity index (χ2v) is 7.75. The van der Waals surface area contributed by atoms with Crippen molar-refractivity contribution in [1.29, 1.82) is 0 Å². The number of tetrazole rings is 1. The van der Waals surface area contributed by atoms with Crippen LogP contribution in [0.2, 0.25) is 0 Å². The Morgan fingerprint density at radius 1 is 1.40 bits per heavy atom. The van der Waals surface area contributed by atoms with Crippen LogP contribution in [-0.4, -0.2) is 66.5 Å². The molecule has 25 heavy (non-hydrogen) atoms. The first kappa shape index (κ1) is 17.6. The van der Waals surface area contributed by atoms with Crippen LogP contribution < -0.4 is 5.32 Å². The minimum Gasteiger partial charge on any atom is -0.479 e. The van der Waals surface area contributed by atoms with Gasteiger partial charge < -0.3 is 15.2 Å². The van der Waals surface area contributed by atoms with Crippen molar-refractivity contribution >= 4 is 12.1 Å². The molecule has 10 nitrogen and oxygen atoms in total. The van der Waals surface area contributed by atoms with Gasteiger partial charge in [0.25, 0.3) is 0 Å². The van der Waals surface area contributed by atoms with Crippen LogP contribution in [0.4, 0.5) is 4.79 Å². The normalized spacial score (nSPS) is 24.3. The van der Waals surface area contributed by atoms with Gasteiger partial charge in [-0.1, -0.05) is 0 Å². The molecular weight excluding hydrogens is 328 g/mol. The minimum absolute atomic E-state index is 0.180. The van der Waals surface area contributed by atoms with Crippen molar-refractivity contribution in [1.82, 2.24) is 30.4 Å². The predicted octanol–water partition coefficient (Wildman–Crippen LogP) is 0.562. The monoisotopic (exact) mass is 352 g/mol. The number of nitrogens with one attached hydrogen (secondary N) is 1. The zero-order valence-electron chi connectivity index (χ0n) is 14.7. The van der Waals surface area contributed by atoms with Gasteiger partial charge in [0, 0.05) is 13.1 Å². The summed E-state index contributed by atoms with van der Waals surface area (Å²) in [7, 11) is 0. The summed E-state index contributed by atoms with van der Waals surface area (Å²) in [5.74, 6) is -0.344. The van der Waals surface area contributed by atoms with Gasteiger partial charge in [0.05, 0.1) is 12.6 Å². The number of hydrogen-bond donors (Lipinski definition) is 2. The van der Waals surface area contributed by atoms with E-state index in [9.17, 15) is 14.7 Å². The number of carboxylic acids is 1. The van der Waals surface area contributed by atoms with E-state index in [0.29, 0.717) is 25.6 Å². The largest absolute Gasteiger partial charge is 0.479 e. The van der Waals surface area contributed by atoms with Crippen LogP contribution in [-0.2, 0) is 16.1 Å². The number of nitrogens with zero attached hydrogens (tertiary/aromatic N) is 5. The van der Waals surface area contributed by atoms with Crippen molar-refractivity contribution < 1.29 is 19.4 Å². The molecule has 2 N–H and O–H groups in total. The molecule has 2 aliphatic rings. The summed E-state index contributed by atoms with van der Waals surface area (Å²) in [6.45, 7) is 6.36. The maximum atomic E-state index is 12.0. The topological polar surface area (TPSA) is 122 Å². The second kappa shape index (κ2) is 6.25. The number of carbonyl (C=O) groups is 2. The summed E-state index contributed by atoms with van der Waals surface area (Å²) in [6, 6.07) is 0.358. The molecule has 1 saturated heterocycles. The highest BCUT2D eigenvalue weighted by Crippen LogP contribution is 2.35. The third-order valence-electron chi connectivity index (χ3n) is 4.32. The first-order chi connectivity index (χ1) is 11.7. The summed E-state index contributed by atoms with van der Waals surface area (Å²) in [5.41, 5.74) is -2.05. The van der Waals surface area contributed by atoms with E-state index in [1.807, 2.05) is 9.58 Å². The fraction of sp³-hybridized carbons (Fsp3) is 0.800. The molecule has 0 aromatic carbocycles. The molecule has 1 aliphatic carbocycles. The highest BCUT2D eigenvalue weighted by Gasteiger charge is 2.47. The van der Waals surface area contributed by atoms with Crippen LogP contribution in [0, 0.1) is 0 Å². The van der Waals surface area contributed by atoms with E-state index in [4.69, 9.17) is 4.74 Å². The van der Waals surface area contributed by atoms with Gasteiger partial charge in [0.1, 0.15) is 5.60 Å². The van der Waals surface area contributed by atoms with Crippen molar-refractivity contribution in [3.05, 3.63) is 5.82 Å². The number of aliphatic carboxylic acids is 1. The van der Waals surface area contributed by atoms with E-state index in [2.05, 4.69) is 20.8 Å². The standard InChI is InChI=1S/C15H24N6O4/c1-14(2,3)25-13(24)16-15(12(22)23)6-7-20(9-15)8-11-17-18-19-21(11)10-4-5-10/h10H,4-9H2,1-3H3,(H,16,24)(H,22,23). The fourth-order valence-electron chi connectivity index (χ4n) is 2.97. The number of carboxylic acid groups (broad SMARTS) is 1. The van der Waals surface area contributed by atoms with Crippen LogP contribution in [0.15, 0.2) is 0 Å². The average molecular weight is 352 g/mol. The lowest BCUT2D eigenvalue weighted by molar-refractivity contribution is -0.144. The maximum absolute atomic E-state index is 12.0. The zero-order valence-corrected chi connectivity index (χ0v) is 14.7. The van der Waals surface area contributed by atoms with E-state index in [1.165, 1.54) is 0 Å². The number of hydrogen-bond acceptors (Lipinski definition) is 7. The molecule has 3 rings (SSSR count). The Morgan fingerprint density at radius 3 is 2.72 bits per heavy atom. The van der Waals surface area contributed by atoms with E-state index < -0.39 is 23.2 Å². The van der Waals surface area contributed by atoms with Crippen LogP contribution in [0.5, 0.6) is 0 Å². The molecular formula is C15H24N6O4. The van der Waals surface area contributed by atoms with Crippen molar-refractivity contribution in [2.45, 2.75) is 63.8 Å². The van der Waals surface area contributed by atoms with E-state index in [-0.39, 0.29) is 6.54 Å². The van der Waals surface area contributed by atoms with Gasteiger partial charge in [-0.25, -0.2) is 14.3 Å². The quantitative estimate of drug-likeness (QED) is 0.788. The Kier molecular flexibility index (Phi) is 4.40. The molecule has 1 unspecified atom stereocenters. The van der Waals surface area contributed by atoms with Gasteiger partial charge >= 0.3 is 12.1 Å². The molecule has 10 heteroatoms. The fourth-order valence-corrected chi connectivity index (χ4v) is 2.97. The number of rotatable bonds is 5. The summed E-state index contributed by atoms with van der Waals surface area (Å²) >= 11 is 0. The minimum atomic E-state index is -1.36. The van der Waals surface area contributed by atoms with Gasteiger partial charge in [-0.05, 0) is 50.5 Å². The molecule has 1 aliphatic heterocycles. The number of likely N-dealkylation sites (tertiary alicyclic amines) is 1. The van der Waals surface area contributed by atoms with Gasteiger partial charge in [0.2, 0.25) is 0 Å². The van der Waals surface area contributed by atoms with Gasteiger partial charge in [-0.2, -0.15) is 0 Å². The van der Waals surface area contributed by atoms with Crippen LogP contribution in [0.1, 0.15) is 51.9 Å². The Hall–Kier alpha value is -2.23. The Balaban J connectivity index is 1.65. The van der Waals surface area contributed by atoms with Crippen LogP contribution in [0.3, 0.4) is 0 Å². The SMILES string of the molecule is CC(C)(C)OC(=O)NC1(C(=O)O)CCN(Cc2nnnn2C2CC2)C1. The van der Waals surface area contributed by atoms with E-state index >= 15 is 0 Å². The third kappa shape index (κ3) is 4.06. The van der Waals surface area contributed by atoms with E-state index in [0.717, 1.165) is 18.7 Å². The zero-order chi connectivity index (χ0) is 18.2. The Bertz CT molecular complexity index is 665. The van der Waals surface area contributed by atoms with Crippen molar-refractivity contribution in [2.24, 2.45) is 0 Å². The van der Waals surface area contributed by atoms with E-state index in [1.54, 1.807) is 20.8 Å². The lowest BCUT2D eigenvalue weighted by Gasteiger charge is -2.28. The molecule has 1 aromatic heterocycles. The molecule has 0 radical (unpaired) electrons. The molecule has 0 spiro atoms. The summed E-state index contributed by atoms with van der Waals surface area (Å²) < 4.78 is 7.01. The lowest BCUT2D eigenvalue weighted by atomic mass is 9.99. The van der Waals surface area contributed by atoms with Gasteiger partial charge in [0.15, 0.2) is 11.4 Å². The smallest absolute Gasteiger partial charge is 0.408 e. The van der Waals surface area contributed by atoms with Gasteiger partial charge in [-0.3, -0.25) is 4.90 Å². The maximum Gasteiger partial charge on any atom is 0.408 e. The average Bonchev–Trinajstić information content (AvgIpc) is 3.08. The number of alkyl carbamates (subject to hydrolysis) is 1. The number of carbonyl (C=O) groups excluding carboxylic acids is 1. The summed E-state index contributed by atoms with van der Waals surface area (Å²) in [5, 5.41) is 24.0. The number of amides is 1. The second-order valence-electron chi connectivity index (χ2n) is 7.75. The van der Waals surface area contributed by atoms with Crippen molar-refractivity contribution in [3.63, 3.8) is 0 Å². The molecule has 1 amide bonds. The first-order valence-corrected chi connectivity index (χ1v) is 8.42. The molecule has 2 heterocycles. The molecule has 0 bridgehead atoms. The third-order valence-corrected chi connectivity index (χ3v) is 4.32. The number of aromatic nitrogens is 4. The Labute approximate surface area is 145 Å². The van der Waals surface area contributed by atoms with Crippen LogP contribution >= 0.6 is 0 Å². The molecule has 2 fully saturated rings. The highest BCUT2D eigenvalue weighted by molar-refractivity contribution is 5.85. The molecule has 1 aromatic rings. The lowest BCUT2D eigenvalue weighted by Crippen LogP contribution is -2.57. The molecule has 1 atom stereocenters. The van der Waals surface area contributed by atoms with Gasteiger partial charge in [-0.15, -0.1) is 5.10 Å². The first-order valence-electron chi connectivity index (χ1n) is 8.42. The predicted molar refractivity (Wildman–Crippen MR) is 85.7 cm³/mol. The van der Waals surface area contributed by atoms with Crippen LogP contribution in [0.25, 0.3) is 0 Å². The molecule has 138 valence electrons. The highest BCUT2D eigenvalue weighted by atomic mass is 16.6. The van der Waals surface area contributed by atoms with Crippen molar-refractivity contribution in [2.75, 3.05) is 13.1 Å². The summed E-state index contributed by atoms with van der Waals surface area (Å²) in [6.07, 6.45) is 1.71. The number of ether oxygens (including phenoxy) is 1. The van der Waals surface area contributed by atoms with Crippen molar-refractivity contribution in [3.8, 4) is 0 Å².